The van der Waals surface area contributed by atoms with Gasteiger partial charge in [0.15, 0.2) is 0 Å². The van der Waals surface area contributed by atoms with Crippen LogP contribution in [0.2, 0.25) is 0 Å². The first-order chi connectivity index (χ1) is 9.29. The van der Waals surface area contributed by atoms with Crippen LogP contribution in [0.25, 0.3) is 0 Å². The van der Waals surface area contributed by atoms with E-state index in [1.807, 2.05) is 0 Å². The first-order valence-electron chi connectivity index (χ1n) is 8.19. The zero-order chi connectivity index (χ0) is 13.2. The van der Waals surface area contributed by atoms with Crippen LogP contribution in [0.1, 0.15) is 51.9 Å². The van der Waals surface area contributed by atoms with Crippen LogP contribution in [0.3, 0.4) is 0 Å². The molecular formula is C16H27N3. The summed E-state index contributed by atoms with van der Waals surface area (Å²) in [6, 6.07) is 4.53. The second-order valence-electron chi connectivity index (χ2n) is 6.78. The van der Waals surface area contributed by atoms with Gasteiger partial charge in [-0.15, -0.1) is 0 Å². The second kappa shape index (κ2) is 5.81. The van der Waals surface area contributed by atoms with Gasteiger partial charge in [0.05, 0.1) is 12.0 Å². The molecule has 3 heteroatoms. The molecule has 0 aromatic rings. The van der Waals surface area contributed by atoms with E-state index in [-0.39, 0.29) is 5.92 Å². The summed E-state index contributed by atoms with van der Waals surface area (Å²) in [6.07, 6.45) is 9.09. The maximum Gasteiger partial charge on any atom is 0.0672 e. The zero-order valence-electron chi connectivity index (χ0n) is 12.2. The van der Waals surface area contributed by atoms with Gasteiger partial charge in [-0.25, -0.2) is 0 Å². The lowest BCUT2D eigenvalue weighted by Gasteiger charge is -2.51. The highest BCUT2D eigenvalue weighted by Gasteiger charge is 2.39. The molecular weight excluding hydrogens is 234 g/mol. The summed E-state index contributed by atoms with van der Waals surface area (Å²) in [5.41, 5.74) is 0. The molecule has 3 rings (SSSR count). The molecule has 0 radical (unpaired) electrons. The monoisotopic (exact) mass is 261 g/mol. The van der Waals surface area contributed by atoms with Gasteiger partial charge in [0.1, 0.15) is 0 Å². The van der Waals surface area contributed by atoms with Crippen molar-refractivity contribution in [1.82, 2.24) is 9.80 Å². The Morgan fingerprint density at radius 3 is 2.63 bits per heavy atom. The molecule has 0 bridgehead atoms. The Morgan fingerprint density at radius 2 is 1.79 bits per heavy atom. The van der Waals surface area contributed by atoms with Crippen LogP contribution in [0.5, 0.6) is 0 Å². The largest absolute Gasteiger partial charge is 0.298 e. The summed E-state index contributed by atoms with van der Waals surface area (Å²) >= 11 is 0. The number of hydrogen-bond donors (Lipinski definition) is 0. The van der Waals surface area contributed by atoms with Gasteiger partial charge in [0.25, 0.3) is 0 Å². The van der Waals surface area contributed by atoms with Crippen LogP contribution in [0.15, 0.2) is 0 Å². The number of fused-ring (bicyclic) bond motifs is 1. The maximum atomic E-state index is 9.42. The number of hydrogen-bond acceptors (Lipinski definition) is 3. The minimum atomic E-state index is 0.284. The normalized spacial score (nSPS) is 41.5. The van der Waals surface area contributed by atoms with E-state index in [2.05, 4.69) is 22.8 Å². The van der Waals surface area contributed by atoms with Crippen LogP contribution in [0, 0.1) is 17.2 Å². The lowest BCUT2D eigenvalue weighted by atomic mass is 9.82. The molecule has 2 aliphatic heterocycles. The number of nitriles is 1. The predicted octanol–water partition coefficient (Wildman–Crippen LogP) is 2.63. The average Bonchev–Trinajstić information content (AvgIpc) is 2.46. The molecule has 1 saturated carbocycles. The van der Waals surface area contributed by atoms with E-state index in [9.17, 15) is 5.26 Å². The molecule has 0 spiro atoms. The Kier molecular flexibility index (Phi) is 4.10. The number of piperazine rings is 1. The zero-order valence-corrected chi connectivity index (χ0v) is 12.2. The summed E-state index contributed by atoms with van der Waals surface area (Å²) in [5, 5.41) is 9.42. The van der Waals surface area contributed by atoms with E-state index in [1.54, 1.807) is 0 Å². The highest BCUT2D eigenvalue weighted by atomic mass is 15.3. The highest BCUT2D eigenvalue weighted by Crippen LogP contribution is 2.33. The van der Waals surface area contributed by atoms with Gasteiger partial charge in [-0.1, -0.05) is 19.3 Å². The van der Waals surface area contributed by atoms with Crippen molar-refractivity contribution in [2.75, 3.05) is 19.6 Å². The second-order valence-corrected chi connectivity index (χ2v) is 6.78. The predicted molar refractivity (Wildman–Crippen MR) is 76.7 cm³/mol. The Hall–Kier alpha value is -0.590. The third-order valence-corrected chi connectivity index (χ3v) is 5.56. The fraction of sp³-hybridized carbons (Fsp3) is 0.938. The van der Waals surface area contributed by atoms with Crippen molar-refractivity contribution in [3.05, 3.63) is 0 Å². The third-order valence-electron chi connectivity index (χ3n) is 5.56. The topological polar surface area (TPSA) is 30.3 Å². The summed E-state index contributed by atoms with van der Waals surface area (Å²) in [4.78, 5) is 5.40. The highest BCUT2D eigenvalue weighted by molar-refractivity contribution is 5.00. The standard InChI is InChI=1S/C16H27N3/c1-13-11-18-9-5-4-7-15(18)12-19(13)16-8-3-2-6-14(16)10-17/h13-16H,2-9,11-12H2,1H3. The van der Waals surface area contributed by atoms with Crippen molar-refractivity contribution < 1.29 is 0 Å². The van der Waals surface area contributed by atoms with Crippen molar-refractivity contribution in [3.63, 3.8) is 0 Å². The van der Waals surface area contributed by atoms with Gasteiger partial charge in [0, 0.05) is 31.2 Å². The first-order valence-corrected chi connectivity index (χ1v) is 8.19. The Morgan fingerprint density at radius 1 is 1.00 bits per heavy atom. The van der Waals surface area contributed by atoms with Gasteiger partial charge in [-0.3, -0.25) is 9.80 Å². The van der Waals surface area contributed by atoms with Gasteiger partial charge >= 0.3 is 0 Å². The summed E-state index contributed by atoms with van der Waals surface area (Å²) < 4.78 is 0. The number of nitrogens with zero attached hydrogens (tertiary/aromatic N) is 3. The summed E-state index contributed by atoms with van der Waals surface area (Å²) in [7, 11) is 0. The molecule has 3 nitrogen and oxygen atoms in total. The Labute approximate surface area is 117 Å². The number of rotatable bonds is 1. The summed E-state index contributed by atoms with van der Waals surface area (Å²) in [5.74, 6) is 0.284. The molecule has 4 unspecified atom stereocenters. The van der Waals surface area contributed by atoms with Gasteiger partial charge in [-0.05, 0) is 39.2 Å². The van der Waals surface area contributed by atoms with Crippen molar-refractivity contribution in [2.24, 2.45) is 5.92 Å². The van der Waals surface area contributed by atoms with Gasteiger partial charge in [0.2, 0.25) is 0 Å². The quantitative estimate of drug-likeness (QED) is 0.727. The fourth-order valence-electron chi connectivity index (χ4n) is 4.50. The molecule has 0 aromatic carbocycles. The fourth-order valence-corrected chi connectivity index (χ4v) is 4.50. The molecule has 0 amide bonds. The molecule has 3 aliphatic rings. The number of piperidine rings is 1. The Bertz CT molecular complexity index is 348. The van der Waals surface area contributed by atoms with Gasteiger partial charge in [-0.2, -0.15) is 5.26 Å². The van der Waals surface area contributed by atoms with Crippen LogP contribution >= 0.6 is 0 Å². The van der Waals surface area contributed by atoms with Crippen LogP contribution in [-0.4, -0.2) is 47.6 Å². The molecule has 2 saturated heterocycles. The van der Waals surface area contributed by atoms with Gasteiger partial charge < -0.3 is 0 Å². The van der Waals surface area contributed by atoms with Crippen LogP contribution < -0.4 is 0 Å². The minimum Gasteiger partial charge on any atom is -0.298 e. The van der Waals surface area contributed by atoms with Crippen molar-refractivity contribution in [2.45, 2.75) is 70.0 Å². The van der Waals surface area contributed by atoms with E-state index in [4.69, 9.17) is 0 Å². The van der Waals surface area contributed by atoms with Crippen LogP contribution in [-0.2, 0) is 0 Å². The third kappa shape index (κ3) is 2.66. The lowest BCUT2D eigenvalue weighted by Crippen LogP contribution is -2.62. The van der Waals surface area contributed by atoms with E-state index in [0.717, 1.165) is 12.5 Å². The minimum absolute atomic E-state index is 0.284. The molecule has 2 heterocycles. The summed E-state index contributed by atoms with van der Waals surface area (Å²) in [6.45, 7) is 6.10. The van der Waals surface area contributed by atoms with E-state index < -0.39 is 0 Å². The average molecular weight is 261 g/mol. The molecule has 4 atom stereocenters. The molecule has 3 fully saturated rings. The molecule has 106 valence electrons. The van der Waals surface area contributed by atoms with Crippen molar-refractivity contribution >= 4 is 0 Å². The molecule has 0 aromatic heterocycles. The van der Waals surface area contributed by atoms with E-state index >= 15 is 0 Å². The first kappa shape index (κ1) is 13.4. The van der Waals surface area contributed by atoms with E-state index in [0.29, 0.717) is 12.1 Å². The molecule has 1 aliphatic carbocycles. The lowest BCUT2D eigenvalue weighted by molar-refractivity contribution is -0.0244. The van der Waals surface area contributed by atoms with Crippen molar-refractivity contribution in [1.29, 1.82) is 5.26 Å². The van der Waals surface area contributed by atoms with Crippen molar-refractivity contribution in [3.8, 4) is 6.07 Å². The SMILES string of the molecule is CC1CN2CCCCC2CN1C1CCCCC1C#N. The smallest absolute Gasteiger partial charge is 0.0672 e. The van der Waals surface area contributed by atoms with E-state index in [1.165, 1.54) is 58.2 Å². The maximum absolute atomic E-state index is 9.42. The molecule has 0 N–H and O–H groups in total. The van der Waals surface area contributed by atoms with Crippen LogP contribution in [0.4, 0.5) is 0 Å². The Balaban J connectivity index is 1.71. The molecule has 19 heavy (non-hydrogen) atoms.